The summed E-state index contributed by atoms with van der Waals surface area (Å²) in [5, 5.41) is 8.44. The van der Waals surface area contributed by atoms with E-state index in [0.717, 1.165) is 16.5 Å². The standard InChI is InChI=1S/C29H37N5O4/c1-17(2)26-27(35)31-19(4)28(36)34-15-7-10-24(33-34)29(37)38-20(5)23-14-13-22-12-11-21(16-25(22)32-23)9-6-8-18(3)30-26/h6,9,11-14,16-17,19-20,24,26,30,33H,3,7-8,10,15H2,1-2,4-5H3,(H,31,35)/b9-6+/t19-,20+,24-,26-/m0/s1. The van der Waals surface area contributed by atoms with E-state index in [-0.39, 0.29) is 17.7 Å². The summed E-state index contributed by atoms with van der Waals surface area (Å²) in [5.74, 6) is -1.08. The van der Waals surface area contributed by atoms with Gasteiger partial charge in [-0.05, 0) is 50.3 Å². The predicted octanol–water partition coefficient (Wildman–Crippen LogP) is 3.38. The second-order valence-corrected chi connectivity index (χ2v) is 10.4. The lowest BCUT2D eigenvalue weighted by Crippen LogP contribution is -2.60. The maximum atomic E-state index is 13.1. The van der Waals surface area contributed by atoms with Gasteiger partial charge in [-0.3, -0.25) is 19.4 Å². The molecule has 0 radical (unpaired) electrons. The molecular weight excluding hydrogens is 482 g/mol. The van der Waals surface area contributed by atoms with E-state index >= 15 is 0 Å². The van der Waals surface area contributed by atoms with E-state index < -0.39 is 30.2 Å². The summed E-state index contributed by atoms with van der Waals surface area (Å²) >= 11 is 0. The van der Waals surface area contributed by atoms with E-state index in [2.05, 4.69) is 22.6 Å². The average Bonchev–Trinajstić information content (AvgIpc) is 2.90. The predicted molar refractivity (Wildman–Crippen MR) is 146 cm³/mol. The number of esters is 1. The zero-order chi connectivity index (χ0) is 27.4. The zero-order valence-corrected chi connectivity index (χ0v) is 22.5. The fraction of sp³-hybridized carbons (Fsp3) is 0.448. The third-order valence-corrected chi connectivity index (χ3v) is 6.90. The Morgan fingerprint density at radius 3 is 2.63 bits per heavy atom. The molecule has 9 heteroatoms. The van der Waals surface area contributed by atoms with Crippen molar-refractivity contribution >= 4 is 34.8 Å². The van der Waals surface area contributed by atoms with Crippen LogP contribution in [0.3, 0.4) is 0 Å². The maximum Gasteiger partial charge on any atom is 0.325 e. The van der Waals surface area contributed by atoms with Crippen molar-refractivity contribution in [2.24, 2.45) is 5.92 Å². The van der Waals surface area contributed by atoms with Crippen LogP contribution in [0.4, 0.5) is 0 Å². The summed E-state index contributed by atoms with van der Waals surface area (Å²) in [6.45, 7) is 11.8. The van der Waals surface area contributed by atoms with Crippen LogP contribution in [0, 0.1) is 5.92 Å². The minimum Gasteiger partial charge on any atom is -0.455 e. The first-order valence-corrected chi connectivity index (χ1v) is 13.2. The van der Waals surface area contributed by atoms with Gasteiger partial charge < -0.3 is 15.4 Å². The lowest BCUT2D eigenvalue weighted by atomic mass is 10.0. The summed E-state index contributed by atoms with van der Waals surface area (Å²) in [7, 11) is 0. The van der Waals surface area contributed by atoms with Crippen molar-refractivity contribution in [3.63, 3.8) is 0 Å². The van der Waals surface area contributed by atoms with Crippen LogP contribution in [0.25, 0.3) is 17.0 Å². The van der Waals surface area contributed by atoms with E-state index in [1.165, 1.54) is 5.01 Å². The fourth-order valence-electron chi connectivity index (χ4n) is 4.66. The molecule has 2 amide bonds. The summed E-state index contributed by atoms with van der Waals surface area (Å²) < 4.78 is 5.75. The van der Waals surface area contributed by atoms with E-state index in [1.54, 1.807) is 13.8 Å². The number of nitrogens with one attached hydrogen (secondary N) is 3. The van der Waals surface area contributed by atoms with Crippen molar-refractivity contribution in [1.29, 1.82) is 0 Å². The van der Waals surface area contributed by atoms with Crippen molar-refractivity contribution in [2.75, 3.05) is 6.54 Å². The summed E-state index contributed by atoms with van der Waals surface area (Å²) in [5.41, 5.74) is 6.12. The number of rotatable bonds is 1. The van der Waals surface area contributed by atoms with E-state index in [1.807, 2.05) is 56.3 Å². The molecule has 0 aliphatic carbocycles. The van der Waals surface area contributed by atoms with Crippen LogP contribution in [-0.2, 0) is 19.1 Å². The maximum absolute atomic E-state index is 13.1. The Balaban J connectivity index is 1.64. The highest BCUT2D eigenvalue weighted by atomic mass is 16.5. The molecule has 3 heterocycles. The van der Waals surface area contributed by atoms with Gasteiger partial charge in [-0.15, -0.1) is 0 Å². The highest BCUT2D eigenvalue weighted by Crippen LogP contribution is 2.22. The minimum atomic E-state index is -0.781. The number of pyridine rings is 1. The van der Waals surface area contributed by atoms with Crippen LogP contribution in [0.2, 0.25) is 0 Å². The number of carbonyl (C=O) groups is 3. The second-order valence-electron chi connectivity index (χ2n) is 10.4. The third-order valence-electron chi connectivity index (χ3n) is 6.90. The van der Waals surface area contributed by atoms with Gasteiger partial charge >= 0.3 is 5.97 Å². The van der Waals surface area contributed by atoms with Gasteiger partial charge in [0, 0.05) is 24.0 Å². The first kappa shape index (κ1) is 27.3. The van der Waals surface area contributed by atoms with Crippen molar-refractivity contribution in [1.82, 2.24) is 26.1 Å². The molecule has 3 N–H and O–H groups in total. The van der Waals surface area contributed by atoms with Gasteiger partial charge in [-0.2, -0.15) is 0 Å². The van der Waals surface area contributed by atoms with Crippen molar-refractivity contribution in [2.45, 2.75) is 71.2 Å². The largest absolute Gasteiger partial charge is 0.455 e. The number of hydrogen-bond donors (Lipinski definition) is 3. The van der Waals surface area contributed by atoms with Gasteiger partial charge in [-0.25, -0.2) is 10.4 Å². The molecule has 4 atom stereocenters. The van der Waals surface area contributed by atoms with Crippen LogP contribution in [0.1, 0.15) is 64.3 Å². The Hall–Kier alpha value is -3.72. The molecule has 2 aliphatic heterocycles. The molecule has 0 unspecified atom stereocenters. The van der Waals surface area contributed by atoms with Crippen molar-refractivity contribution in [3.8, 4) is 0 Å². The lowest BCUT2D eigenvalue weighted by Gasteiger charge is -2.35. The number of fused-ring (bicyclic) bond motifs is 4. The van der Waals surface area contributed by atoms with Gasteiger partial charge in [0.15, 0.2) is 0 Å². The molecule has 1 aromatic heterocycles. The van der Waals surface area contributed by atoms with E-state index in [4.69, 9.17) is 9.72 Å². The monoisotopic (exact) mass is 519 g/mol. The van der Waals surface area contributed by atoms with Crippen LogP contribution >= 0.6 is 0 Å². The number of hydrazine groups is 1. The SMILES string of the molecule is C=C1C/C=C/c2ccc3ccc(nc3c2)[C@@H](C)OC(=O)[C@@H]2CCCN(N2)C(=O)[C@H](C)NC(=O)[C@H](C(C)C)N1. The molecule has 9 nitrogen and oxygen atoms in total. The normalized spacial score (nSPS) is 26.6. The Morgan fingerprint density at radius 2 is 1.87 bits per heavy atom. The minimum absolute atomic E-state index is 0.0327. The number of aromatic nitrogens is 1. The molecule has 202 valence electrons. The number of carbonyl (C=O) groups excluding carboxylic acids is 3. The highest BCUT2D eigenvalue weighted by Gasteiger charge is 2.33. The number of allylic oxidation sites excluding steroid dienone is 1. The molecule has 4 rings (SSSR count). The summed E-state index contributed by atoms with van der Waals surface area (Å²) in [6.07, 6.45) is 5.11. The van der Waals surface area contributed by atoms with E-state index in [9.17, 15) is 14.4 Å². The molecule has 0 spiro atoms. The summed E-state index contributed by atoms with van der Waals surface area (Å²) in [6, 6.07) is 7.83. The van der Waals surface area contributed by atoms with Gasteiger partial charge in [0.1, 0.15) is 24.2 Å². The Bertz CT molecular complexity index is 1260. The smallest absolute Gasteiger partial charge is 0.325 e. The zero-order valence-electron chi connectivity index (χ0n) is 22.5. The van der Waals surface area contributed by atoms with Gasteiger partial charge in [0.25, 0.3) is 5.91 Å². The van der Waals surface area contributed by atoms with Crippen molar-refractivity contribution in [3.05, 3.63) is 59.9 Å². The Kier molecular flexibility index (Phi) is 8.46. The Morgan fingerprint density at radius 1 is 1.11 bits per heavy atom. The van der Waals surface area contributed by atoms with Crippen LogP contribution in [0.15, 0.2) is 48.7 Å². The molecule has 38 heavy (non-hydrogen) atoms. The van der Waals surface area contributed by atoms with Gasteiger partial charge in [0.2, 0.25) is 5.91 Å². The average molecular weight is 520 g/mol. The first-order chi connectivity index (χ1) is 18.1. The first-order valence-electron chi connectivity index (χ1n) is 13.2. The Labute approximate surface area is 223 Å². The van der Waals surface area contributed by atoms with Crippen LogP contribution < -0.4 is 16.1 Å². The lowest BCUT2D eigenvalue weighted by molar-refractivity contribution is -0.157. The molecule has 2 aliphatic rings. The number of nitrogens with zero attached hydrogens (tertiary/aromatic N) is 2. The molecular formula is C29H37N5O4. The fourth-order valence-corrected chi connectivity index (χ4v) is 4.66. The molecule has 5 bridgehead atoms. The van der Waals surface area contributed by atoms with Crippen molar-refractivity contribution < 1.29 is 19.1 Å². The topological polar surface area (TPSA) is 113 Å². The van der Waals surface area contributed by atoms with Gasteiger partial charge in [-0.1, -0.05) is 50.8 Å². The number of cyclic esters (lactones) is 1. The number of benzene rings is 1. The number of hydrogen-bond acceptors (Lipinski definition) is 7. The van der Waals surface area contributed by atoms with Crippen LogP contribution in [-0.4, -0.2) is 52.4 Å². The molecule has 1 saturated heterocycles. The molecule has 2 aromatic rings. The van der Waals surface area contributed by atoms with E-state index in [0.29, 0.717) is 37.2 Å². The second kappa shape index (κ2) is 11.8. The molecule has 1 fully saturated rings. The molecule has 0 saturated carbocycles. The number of ether oxygens (including phenoxy) is 1. The van der Waals surface area contributed by atoms with Gasteiger partial charge in [0.05, 0.1) is 11.2 Å². The highest BCUT2D eigenvalue weighted by molar-refractivity contribution is 5.90. The summed E-state index contributed by atoms with van der Waals surface area (Å²) in [4.78, 5) is 44.0. The number of amides is 2. The third kappa shape index (κ3) is 6.39. The molecule has 1 aromatic carbocycles. The van der Waals surface area contributed by atoms with Crippen LogP contribution in [0.5, 0.6) is 0 Å². The quantitative estimate of drug-likeness (QED) is 0.495.